The van der Waals surface area contributed by atoms with Gasteiger partial charge in [-0.25, -0.2) is 4.79 Å². The van der Waals surface area contributed by atoms with E-state index >= 15 is 0 Å². The van der Waals surface area contributed by atoms with Gasteiger partial charge in [-0.2, -0.15) is 13.2 Å². The van der Waals surface area contributed by atoms with Crippen molar-refractivity contribution in [3.05, 3.63) is 53.6 Å². The largest absolute Gasteiger partial charge is 0.486 e. The summed E-state index contributed by atoms with van der Waals surface area (Å²) in [6, 6.07) is 8.26. The molecule has 0 aromatic heterocycles. The number of anilines is 1. The number of rotatable bonds is 6. The first-order valence-electron chi connectivity index (χ1n) is 11.1. The molecule has 0 radical (unpaired) electrons. The molecule has 2 atom stereocenters. The van der Waals surface area contributed by atoms with E-state index in [9.17, 15) is 23.1 Å². The molecule has 2 aromatic rings. The van der Waals surface area contributed by atoms with E-state index in [-0.39, 0.29) is 5.69 Å². The van der Waals surface area contributed by atoms with Crippen molar-refractivity contribution in [2.45, 2.75) is 50.4 Å². The first kappa shape index (κ1) is 23.2. The molecule has 0 bridgehead atoms. The quantitative estimate of drug-likeness (QED) is 0.544. The topological polar surface area (TPSA) is 79.8 Å². The number of urea groups is 1. The summed E-state index contributed by atoms with van der Waals surface area (Å²) in [6.45, 7) is 0.886. The Morgan fingerprint density at radius 2 is 1.70 bits per heavy atom. The predicted molar refractivity (Wildman–Crippen MR) is 116 cm³/mol. The zero-order valence-corrected chi connectivity index (χ0v) is 18.0. The second-order valence-electron chi connectivity index (χ2n) is 8.51. The van der Waals surface area contributed by atoms with Crippen molar-refractivity contribution in [1.82, 2.24) is 5.32 Å². The summed E-state index contributed by atoms with van der Waals surface area (Å²) in [6.07, 6.45) is -0.527. The Hall–Kier alpha value is -2.94. The zero-order chi connectivity index (χ0) is 23.4. The highest BCUT2D eigenvalue weighted by molar-refractivity contribution is 5.89. The van der Waals surface area contributed by atoms with Gasteiger partial charge in [-0.1, -0.05) is 31.7 Å². The molecule has 0 spiro atoms. The number of benzene rings is 2. The molecule has 9 heteroatoms. The van der Waals surface area contributed by atoms with Crippen LogP contribution >= 0.6 is 0 Å². The maximum absolute atomic E-state index is 12.8. The molecule has 2 amide bonds. The lowest BCUT2D eigenvalue weighted by Crippen LogP contribution is -2.42. The van der Waals surface area contributed by atoms with E-state index in [1.165, 1.54) is 12.1 Å². The average molecular weight is 464 g/mol. The molecule has 1 aliphatic carbocycles. The van der Waals surface area contributed by atoms with Crippen LogP contribution in [0.5, 0.6) is 11.5 Å². The molecule has 0 saturated heterocycles. The smallest absolute Gasteiger partial charge is 0.416 e. The van der Waals surface area contributed by atoms with Crippen LogP contribution in [0.1, 0.15) is 49.3 Å². The molecule has 1 fully saturated rings. The number of halogens is 3. The second kappa shape index (κ2) is 9.91. The average Bonchev–Trinajstić information content (AvgIpc) is 3.31. The lowest BCUT2D eigenvalue weighted by molar-refractivity contribution is -0.137. The number of ether oxygens (including phenoxy) is 2. The Balaban J connectivity index is 1.46. The second-order valence-corrected chi connectivity index (χ2v) is 8.51. The molecule has 4 rings (SSSR count). The normalized spacial score (nSPS) is 17.9. The summed E-state index contributed by atoms with van der Waals surface area (Å²) in [5, 5.41) is 16.5. The highest BCUT2D eigenvalue weighted by atomic mass is 19.4. The summed E-state index contributed by atoms with van der Waals surface area (Å²) < 4.78 is 49.4. The van der Waals surface area contributed by atoms with Crippen LogP contribution in [-0.2, 0) is 6.18 Å². The van der Waals surface area contributed by atoms with Crippen LogP contribution in [0.2, 0.25) is 0 Å². The van der Waals surface area contributed by atoms with Crippen molar-refractivity contribution in [1.29, 1.82) is 0 Å². The van der Waals surface area contributed by atoms with E-state index in [1.54, 1.807) is 18.2 Å². The van der Waals surface area contributed by atoms with Gasteiger partial charge in [0.1, 0.15) is 13.2 Å². The van der Waals surface area contributed by atoms with Gasteiger partial charge in [-0.15, -0.1) is 0 Å². The highest BCUT2D eigenvalue weighted by Gasteiger charge is 2.31. The van der Waals surface area contributed by atoms with Crippen molar-refractivity contribution >= 4 is 11.7 Å². The maximum atomic E-state index is 12.8. The Morgan fingerprint density at radius 3 is 2.36 bits per heavy atom. The van der Waals surface area contributed by atoms with Gasteiger partial charge < -0.3 is 25.2 Å². The Kier molecular flexibility index (Phi) is 6.97. The Labute approximate surface area is 190 Å². The van der Waals surface area contributed by atoms with Gasteiger partial charge in [0.2, 0.25) is 0 Å². The molecule has 1 aliphatic heterocycles. The number of aliphatic hydroxyl groups is 1. The molecule has 2 aromatic carbocycles. The third-order valence-corrected chi connectivity index (χ3v) is 6.14. The number of carbonyl (C=O) groups excluding carboxylic acids is 1. The SMILES string of the molecule is O=C(Nc1ccc(C(F)(F)F)cc1)NC(CC1CCCC1)C(O)c1ccc2c(c1)OCCO2. The van der Waals surface area contributed by atoms with E-state index in [0.29, 0.717) is 42.6 Å². The number of carbonyl (C=O) groups is 1. The number of hydrogen-bond donors (Lipinski definition) is 3. The maximum Gasteiger partial charge on any atom is 0.416 e. The fourth-order valence-corrected chi connectivity index (χ4v) is 4.43. The molecule has 178 valence electrons. The van der Waals surface area contributed by atoms with Gasteiger partial charge in [0.05, 0.1) is 17.7 Å². The van der Waals surface area contributed by atoms with Crippen molar-refractivity contribution in [2.24, 2.45) is 5.92 Å². The van der Waals surface area contributed by atoms with E-state index in [1.807, 2.05) is 0 Å². The van der Waals surface area contributed by atoms with Crippen molar-refractivity contribution in [3.8, 4) is 11.5 Å². The molecule has 33 heavy (non-hydrogen) atoms. The summed E-state index contributed by atoms with van der Waals surface area (Å²) in [5.74, 6) is 1.54. The highest BCUT2D eigenvalue weighted by Crippen LogP contribution is 2.36. The fourth-order valence-electron chi connectivity index (χ4n) is 4.43. The summed E-state index contributed by atoms with van der Waals surface area (Å²) in [5.41, 5.74) is 0.0348. The predicted octanol–water partition coefficient (Wildman–Crippen LogP) is 5.28. The number of nitrogens with one attached hydrogen (secondary N) is 2. The van der Waals surface area contributed by atoms with Gasteiger partial charge in [-0.3, -0.25) is 0 Å². The van der Waals surface area contributed by atoms with Crippen LogP contribution < -0.4 is 20.1 Å². The minimum Gasteiger partial charge on any atom is -0.486 e. The van der Waals surface area contributed by atoms with E-state index in [4.69, 9.17) is 9.47 Å². The summed E-state index contributed by atoms with van der Waals surface area (Å²) in [7, 11) is 0. The minimum absolute atomic E-state index is 0.230. The van der Waals surface area contributed by atoms with Crippen LogP contribution in [0.15, 0.2) is 42.5 Å². The Morgan fingerprint density at radius 1 is 1.03 bits per heavy atom. The van der Waals surface area contributed by atoms with Crippen molar-refractivity contribution in [2.75, 3.05) is 18.5 Å². The third kappa shape index (κ3) is 5.90. The number of hydrogen-bond acceptors (Lipinski definition) is 4. The van der Waals surface area contributed by atoms with Crippen LogP contribution in [0.3, 0.4) is 0 Å². The molecular weight excluding hydrogens is 437 g/mol. The van der Waals surface area contributed by atoms with Gasteiger partial charge in [0, 0.05) is 5.69 Å². The standard InChI is InChI=1S/C24H27F3N2O4/c25-24(26,27)17-6-8-18(9-7-17)28-23(31)29-19(13-15-3-1-2-4-15)22(30)16-5-10-20-21(14-16)33-12-11-32-20/h5-10,14-15,19,22,30H,1-4,11-13H2,(H2,28,29,31). The summed E-state index contributed by atoms with van der Waals surface area (Å²) >= 11 is 0. The number of alkyl halides is 3. The minimum atomic E-state index is -4.44. The molecule has 6 nitrogen and oxygen atoms in total. The molecule has 2 aliphatic rings. The number of aliphatic hydroxyl groups excluding tert-OH is 1. The van der Waals surface area contributed by atoms with Crippen LogP contribution in [0, 0.1) is 5.92 Å². The van der Waals surface area contributed by atoms with Crippen LogP contribution in [-0.4, -0.2) is 30.4 Å². The molecule has 1 heterocycles. The molecule has 3 N–H and O–H groups in total. The first-order chi connectivity index (χ1) is 15.8. The lowest BCUT2D eigenvalue weighted by Gasteiger charge is -2.28. The first-order valence-corrected chi connectivity index (χ1v) is 11.1. The van der Waals surface area contributed by atoms with Crippen molar-refractivity contribution < 1.29 is 32.5 Å². The fraction of sp³-hybridized carbons (Fsp3) is 0.458. The summed E-state index contributed by atoms with van der Waals surface area (Å²) in [4.78, 5) is 12.6. The molecule has 2 unspecified atom stereocenters. The number of amides is 2. The zero-order valence-electron chi connectivity index (χ0n) is 18.0. The van der Waals surface area contributed by atoms with Gasteiger partial charge in [0.15, 0.2) is 11.5 Å². The monoisotopic (exact) mass is 464 g/mol. The van der Waals surface area contributed by atoms with Crippen LogP contribution in [0.4, 0.5) is 23.7 Å². The van der Waals surface area contributed by atoms with Gasteiger partial charge >= 0.3 is 12.2 Å². The lowest BCUT2D eigenvalue weighted by atomic mass is 9.91. The number of fused-ring (bicyclic) bond motifs is 1. The Bertz CT molecular complexity index is 959. The van der Waals surface area contributed by atoms with E-state index in [2.05, 4.69) is 10.6 Å². The van der Waals surface area contributed by atoms with Crippen LogP contribution in [0.25, 0.3) is 0 Å². The van der Waals surface area contributed by atoms with Gasteiger partial charge in [-0.05, 0) is 54.3 Å². The third-order valence-electron chi connectivity index (χ3n) is 6.14. The van der Waals surface area contributed by atoms with Gasteiger partial charge in [0.25, 0.3) is 0 Å². The van der Waals surface area contributed by atoms with Crippen molar-refractivity contribution in [3.63, 3.8) is 0 Å². The molecular formula is C24H27F3N2O4. The molecule has 1 saturated carbocycles. The van der Waals surface area contributed by atoms with E-state index in [0.717, 1.165) is 37.8 Å². The van der Waals surface area contributed by atoms with E-state index < -0.39 is 29.9 Å².